The van der Waals surface area contributed by atoms with Crippen LogP contribution in [0, 0.1) is 18.3 Å². The van der Waals surface area contributed by atoms with Gasteiger partial charge in [-0.25, -0.2) is 9.97 Å². The molecule has 4 aromatic rings. The highest BCUT2D eigenvalue weighted by atomic mass is 32.1. The van der Waals surface area contributed by atoms with Crippen molar-refractivity contribution >= 4 is 44.2 Å². The highest BCUT2D eigenvalue weighted by Crippen LogP contribution is 2.33. The molecule has 5 rings (SSSR count). The van der Waals surface area contributed by atoms with Gasteiger partial charge < -0.3 is 20.5 Å². The van der Waals surface area contributed by atoms with Gasteiger partial charge in [-0.3, -0.25) is 9.69 Å². The van der Waals surface area contributed by atoms with Gasteiger partial charge in [0.15, 0.2) is 0 Å². The zero-order valence-corrected chi connectivity index (χ0v) is 27.8. The number of nitriles is 1. The number of thiophene rings is 1. The number of carbonyl (C=O) groups is 1. The van der Waals surface area contributed by atoms with E-state index in [1.807, 2.05) is 16.7 Å². The Bertz CT molecular complexity index is 1780. The van der Waals surface area contributed by atoms with Crippen molar-refractivity contribution in [3.8, 4) is 6.07 Å². The Morgan fingerprint density at radius 3 is 2.66 bits per heavy atom. The smallest absolute Gasteiger partial charge is 0.367 e. The molecule has 1 aromatic carbocycles. The van der Waals surface area contributed by atoms with E-state index >= 15 is 0 Å². The predicted molar refractivity (Wildman–Crippen MR) is 180 cm³/mol. The van der Waals surface area contributed by atoms with E-state index in [-0.39, 0.29) is 22.9 Å². The molecule has 4 heterocycles. The van der Waals surface area contributed by atoms with E-state index in [9.17, 15) is 23.2 Å². The molecule has 1 unspecified atom stereocenters. The summed E-state index contributed by atoms with van der Waals surface area (Å²) < 4.78 is 40.7. The van der Waals surface area contributed by atoms with Gasteiger partial charge in [-0.1, -0.05) is 32.4 Å². The number of amides is 1. The van der Waals surface area contributed by atoms with Crippen molar-refractivity contribution in [1.82, 2.24) is 30.1 Å². The largest absolute Gasteiger partial charge is 0.393 e. The number of likely N-dealkylation sites (N-methyl/N-ethyl adjacent to an activating group) is 1. The number of carbonyl (C=O) groups excluding carboxylic acids is 1. The first-order valence-corrected chi connectivity index (χ1v) is 16.8. The summed E-state index contributed by atoms with van der Waals surface area (Å²) in [6.07, 6.45) is 0.589. The van der Waals surface area contributed by atoms with Gasteiger partial charge in [0.25, 0.3) is 0 Å². The molecular formula is C34H41F3N8OS. The molecule has 3 N–H and O–H groups in total. The number of nitrogens with zero attached hydrogens (tertiary/aromatic N) is 5. The van der Waals surface area contributed by atoms with Crippen LogP contribution in [0.3, 0.4) is 0 Å². The third-order valence-electron chi connectivity index (χ3n) is 8.82. The minimum atomic E-state index is -4.27. The number of fused-ring (bicyclic) bond motifs is 2. The molecule has 1 aliphatic heterocycles. The van der Waals surface area contributed by atoms with Gasteiger partial charge >= 0.3 is 6.18 Å². The number of anilines is 1. The summed E-state index contributed by atoms with van der Waals surface area (Å²) in [5.41, 5.74) is 4.24. The molecule has 13 heteroatoms. The van der Waals surface area contributed by atoms with Gasteiger partial charge in [0.05, 0.1) is 24.4 Å². The summed E-state index contributed by atoms with van der Waals surface area (Å²) in [6.45, 7) is 11.0. The third kappa shape index (κ3) is 8.30. The molecule has 9 nitrogen and oxygen atoms in total. The minimum absolute atomic E-state index is 0.120. The van der Waals surface area contributed by atoms with Crippen molar-refractivity contribution in [2.24, 2.45) is 0 Å². The number of likely N-dealkylation sites (tertiary alicyclic amines) is 1. The third-order valence-corrected chi connectivity index (χ3v) is 9.86. The first-order chi connectivity index (χ1) is 22.5. The van der Waals surface area contributed by atoms with Crippen LogP contribution >= 0.6 is 11.3 Å². The molecule has 0 spiro atoms. The van der Waals surface area contributed by atoms with Crippen molar-refractivity contribution in [1.29, 1.82) is 5.26 Å². The number of hydrogen-bond acceptors (Lipinski definition) is 8. The second kappa shape index (κ2) is 14.8. The first kappa shape index (κ1) is 34.3. The number of nitrogens with one attached hydrogen (secondary N) is 3. The molecule has 47 heavy (non-hydrogen) atoms. The highest BCUT2D eigenvalue weighted by Gasteiger charge is 2.29. The number of aromatic nitrogens is 3. The van der Waals surface area contributed by atoms with Crippen molar-refractivity contribution in [2.75, 3.05) is 25.5 Å². The fourth-order valence-electron chi connectivity index (χ4n) is 6.24. The number of rotatable bonds is 13. The van der Waals surface area contributed by atoms with Crippen molar-refractivity contribution < 1.29 is 18.0 Å². The van der Waals surface area contributed by atoms with Crippen molar-refractivity contribution in [2.45, 2.75) is 83.7 Å². The number of unbranched alkanes of at least 4 members (excludes halogenated alkanes) is 1. The Hall–Kier alpha value is -3.99. The van der Waals surface area contributed by atoms with Crippen molar-refractivity contribution in [3.05, 3.63) is 64.6 Å². The molecule has 0 radical (unpaired) electrons. The molecule has 1 aliphatic rings. The molecule has 1 fully saturated rings. The first-order valence-electron chi connectivity index (χ1n) is 16.0. The SMILES string of the molecule is C=C(Cn1c(C#N)cc2c(C)c(CN3CCC(Nc4ncnc5sc(CC(F)(F)F)cc45)CC3)ccc21)NC(=O)C(CCCC)NC. The fraction of sp³-hybridized carbons (Fsp3) is 0.471. The molecule has 3 aromatic heterocycles. The van der Waals surface area contributed by atoms with E-state index in [0.29, 0.717) is 34.0 Å². The molecular weight excluding hydrogens is 625 g/mol. The van der Waals surface area contributed by atoms with Crippen LogP contribution in [0.4, 0.5) is 19.0 Å². The Labute approximate surface area is 276 Å². The van der Waals surface area contributed by atoms with Crippen LogP contribution in [-0.4, -0.2) is 63.7 Å². The number of piperidine rings is 1. The lowest BCUT2D eigenvalue weighted by molar-refractivity contribution is -0.126. The van der Waals surface area contributed by atoms with Crippen LogP contribution in [0.5, 0.6) is 0 Å². The Morgan fingerprint density at radius 2 is 1.98 bits per heavy atom. The molecule has 0 bridgehead atoms. The summed E-state index contributed by atoms with van der Waals surface area (Å²) >= 11 is 1.05. The Balaban J connectivity index is 1.21. The standard InChI is InChI=1S/C34H41F3N8OS/c1-5-6-7-29(39-4)32(46)42-21(2)18-45-25(17-38)14-27-22(3)23(8-9-30(27)45)19-44-12-10-24(11-13-44)43-31-28-15-26(16-34(35,36)37)47-33(28)41-20-40-31/h8-9,14-15,20,24,29,39H,2,5-7,10-13,16,18-19H2,1,3-4H3,(H,42,46)(H,40,41,43). The Morgan fingerprint density at radius 1 is 1.21 bits per heavy atom. The molecule has 1 atom stereocenters. The van der Waals surface area contributed by atoms with Gasteiger partial charge in [0, 0.05) is 47.2 Å². The lowest BCUT2D eigenvalue weighted by atomic mass is 10.0. The van der Waals surface area contributed by atoms with Gasteiger partial charge in [0.1, 0.15) is 28.7 Å². The normalized spacial score (nSPS) is 15.2. The average Bonchev–Trinajstić information content (AvgIpc) is 3.60. The zero-order chi connectivity index (χ0) is 33.7. The number of benzene rings is 1. The molecule has 0 aliphatic carbocycles. The quantitative estimate of drug-likeness (QED) is 0.151. The monoisotopic (exact) mass is 666 g/mol. The second-order valence-corrected chi connectivity index (χ2v) is 13.3. The Kier molecular flexibility index (Phi) is 10.8. The molecule has 250 valence electrons. The van der Waals surface area contributed by atoms with Gasteiger partial charge in [-0.2, -0.15) is 18.4 Å². The highest BCUT2D eigenvalue weighted by molar-refractivity contribution is 7.18. The van der Waals surface area contributed by atoms with Crippen LogP contribution in [0.25, 0.3) is 21.1 Å². The maximum Gasteiger partial charge on any atom is 0.393 e. The van der Waals surface area contributed by atoms with Crippen LogP contribution in [-0.2, 0) is 24.3 Å². The number of alkyl halides is 3. The van der Waals surface area contributed by atoms with Gasteiger partial charge in [-0.15, -0.1) is 11.3 Å². The number of aryl methyl sites for hydroxylation is 1. The molecule has 1 saturated heterocycles. The summed E-state index contributed by atoms with van der Waals surface area (Å²) in [7, 11) is 1.78. The topological polar surface area (TPSA) is 111 Å². The lowest BCUT2D eigenvalue weighted by Crippen LogP contribution is -2.42. The van der Waals surface area contributed by atoms with Crippen LogP contribution in [0.2, 0.25) is 0 Å². The van der Waals surface area contributed by atoms with Gasteiger partial charge in [0.2, 0.25) is 5.91 Å². The summed E-state index contributed by atoms with van der Waals surface area (Å²) in [5, 5.41) is 21.0. The van der Waals surface area contributed by atoms with E-state index in [2.05, 4.69) is 63.4 Å². The maximum atomic E-state index is 12.9. The van der Waals surface area contributed by atoms with E-state index < -0.39 is 12.6 Å². The maximum absolute atomic E-state index is 12.9. The average molecular weight is 667 g/mol. The number of allylic oxidation sites excluding steroid dienone is 1. The van der Waals surface area contributed by atoms with Crippen molar-refractivity contribution in [3.63, 3.8) is 0 Å². The van der Waals surface area contributed by atoms with E-state index in [1.165, 1.54) is 11.9 Å². The van der Waals surface area contributed by atoms with Crippen LogP contribution in [0.15, 0.2) is 42.9 Å². The summed E-state index contributed by atoms with van der Waals surface area (Å²) in [5.74, 6) is 0.461. The number of hydrogen-bond donors (Lipinski definition) is 3. The van der Waals surface area contributed by atoms with Crippen LogP contribution < -0.4 is 16.0 Å². The molecule has 1 amide bonds. The summed E-state index contributed by atoms with van der Waals surface area (Å²) in [4.78, 5) is 24.5. The second-order valence-electron chi connectivity index (χ2n) is 12.2. The minimum Gasteiger partial charge on any atom is -0.367 e. The predicted octanol–water partition coefficient (Wildman–Crippen LogP) is 6.42. The van der Waals surface area contributed by atoms with E-state index in [1.54, 1.807) is 13.1 Å². The fourth-order valence-corrected chi connectivity index (χ4v) is 7.26. The van der Waals surface area contributed by atoms with Crippen LogP contribution in [0.1, 0.15) is 60.7 Å². The van der Waals surface area contributed by atoms with E-state index in [4.69, 9.17) is 0 Å². The zero-order valence-electron chi connectivity index (χ0n) is 27.0. The number of halogens is 3. The molecule has 0 saturated carbocycles. The lowest BCUT2D eigenvalue weighted by Gasteiger charge is -2.33. The van der Waals surface area contributed by atoms with E-state index in [0.717, 1.165) is 79.5 Å². The summed E-state index contributed by atoms with van der Waals surface area (Å²) in [6, 6.07) is 9.76. The van der Waals surface area contributed by atoms with Gasteiger partial charge in [-0.05, 0) is 62.6 Å².